The second-order valence-corrected chi connectivity index (χ2v) is 4.74. The van der Waals surface area contributed by atoms with Crippen LogP contribution in [-0.4, -0.2) is 22.0 Å². The minimum absolute atomic E-state index is 0.212. The Labute approximate surface area is 66.8 Å². The monoisotopic (exact) mass is 181 g/mol. The van der Waals surface area contributed by atoms with Crippen LogP contribution < -0.4 is 0 Å². The van der Waals surface area contributed by atoms with Crippen LogP contribution in [0.5, 0.6) is 0 Å². The Morgan fingerprint density at radius 3 is 2.18 bits per heavy atom. The molecule has 1 aliphatic heterocycles. The molecule has 1 fully saturated rings. The highest BCUT2D eigenvalue weighted by Gasteiger charge is 2.47. The van der Waals surface area contributed by atoms with Gasteiger partial charge in [-0.15, -0.1) is 0 Å². The fraction of sp³-hybridized carbons (Fsp3) is 1.00. The average Bonchev–Trinajstić information content (AvgIpc) is 2.08. The van der Waals surface area contributed by atoms with Crippen LogP contribution in [0.4, 0.5) is 0 Å². The maximum absolute atomic E-state index is 9.00. The van der Waals surface area contributed by atoms with Gasteiger partial charge in [0.2, 0.25) is 0 Å². The van der Waals surface area contributed by atoms with Gasteiger partial charge in [-0.2, -0.15) is 0 Å². The molecule has 1 unspecified atom stereocenters. The highest BCUT2D eigenvalue weighted by molar-refractivity contribution is 7.54. The van der Waals surface area contributed by atoms with Crippen LogP contribution in [0.15, 0.2) is 0 Å². The molecule has 2 N–H and O–H groups in total. The van der Waals surface area contributed by atoms with Crippen molar-refractivity contribution in [3.05, 3.63) is 0 Å². The van der Waals surface area contributed by atoms with Crippen molar-refractivity contribution < 1.29 is 18.8 Å². The van der Waals surface area contributed by atoms with Crippen molar-refractivity contribution in [2.75, 3.05) is 6.61 Å². The maximum atomic E-state index is 9.00. The lowest BCUT2D eigenvalue weighted by molar-refractivity contribution is 0.0517. The first-order chi connectivity index (χ1) is 4.86. The predicted octanol–water partition coefficient (Wildman–Crippen LogP) is 1.11. The van der Waals surface area contributed by atoms with Crippen molar-refractivity contribution in [3.8, 4) is 0 Å². The third-order valence-electron chi connectivity index (χ3n) is 2.07. The Hall–Kier alpha value is 0.270. The van der Waals surface area contributed by atoms with E-state index in [1.807, 2.05) is 20.8 Å². The van der Waals surface area contributed by atoms with Crippen LogP contribution in [0.2, 0.25) is 0 Å². The molecule has 1 atom stereocenters. The molecule has 1 heterocycles. The molecule has 0 saturated carbocycles. The van der Waals surface area contributed by atoms with Gasteiger partial charge in [0, 0.05) is 0 Å². The van der Waals surface area contributed by atoms with E-state index in [1.165, 1.54) is 0 Å². The standard InChI is InChI=1S/C6H14O4P/c1-5(2)6(3)4-9-11(7,8)10-6/h5,7-8H,4H2,1-3H3. The number of rotatable bonds is 1. The summed E-state index contributed by atoms with van der Waals surface area (Å²) >= 11 is 0. The van der Waals surface area contributed by atoms with E-state index >= 15 is 0 Å². The molecule has 0 aromatic rings. The normalized spacial score (nSPS) is 36.5. The van der Waals surface area contributed by atoms with Gasteiger partial charge in [-0.3, -0.25) is 9.05 Å². The summed E-state index contributed by atoms with van der Waals surface area (Å²) in [6.07, 6.45) is 0. The minimum Gasteiger partial charge on any atom is -0.314 e. The van der Waals surface area contributed by atoms with Crippen LogP contribution in [-0.2, 0) is 9.05 Å². The summed E-state index contributed by atoms with van der Waals surface area (Å²) in [5, 5.41) is 0. The van der Waals surface area contributed by atoms with Crippen molar-refractivity contribution in [1.82, 2.24) is 0 Å². The number of hydrogen-bond acceptors (Lipinski definition) is 4. The topological polar surface area (TPSA) is 58.9 Å². The van der Waals surface area contributed by atoms with E-state index in [0.717, 1.165) is 0 Å². The molecule has 1 rings (SSSR count). The molecular formula is C6H14O4P. The molecule has 4 nitrogen and oxygen atoms in total. The van der Waals surface area contributed by atoms with Gasteiger partial charge in [-0.05, 0) is 12.8 Å². The lowest BCUT2D eigenvalue weighted by Gasteiger charge is -2.26. The zero-order valence-electron chi connectivity index (χ0n) is 6.94. The van der Waals surface area contributed by atoms with Crippen molar-refractivity contribution in [2.45, 2.75) is 26.4 Å². The first kappa shape index (κ1) is 9.36. The Balaban J connectivity index is 2.65. The lowest BCUT2D eigenvalue weighted by Crippen LogP contribution is -2.33. The number of hydrogen-bond donors (Lipinski definition) is 2. The molecule has 1 radical (unpaired) electrons. The van der Waals surface area contributed by atoms with Gasteiger partial charge >= 0.3 is 8.17 Å². The summed E-state index contributed by atoms with van der Waals surface area (Å²) in [4.78, 5) is 18.0. The molecule has 0 bridgehead atoms. The largest absolute Gasteiger partial charge is 0.375 e. The van der Waals surface area contributed by atoms with Crippen LogP contribution in [0.25, 0.3) is 0 Å². The highest BCUT2D eigenvalue weighted by atomic mass is 31.2. The zero-order chi connectivity index (χ0) is 8.70. The molecule has 11 heavy (non-hydrogen) atoms. The first-order valence-corrected chi connectivity index (χ1v) is 5.09. The summed E-state index contributed by atoms with van der Waals surface area (Å²) in [5.74, 6) is 0.212. The first-order valence-electron chi connectivity index (χ1n) is 3.55. The van der Waals surface area contributed by atoms with E-state index in [2.05, 4.69) is 0 Å². The van der Waals surface area contributed by atoms with E-state index < -0.39 is 13.8 Å². The molecule has 5 heteroatoms. The fourth-order valence-electron chi connectivity index (χ4n) is 0.809. The van der Waals surface area contributed by atoms with Gasteiger partial charge in [-0.1, -0.05) is 13.8 Å². The molecule has 0 spiro atoms. The van der Waals surface area contributed by atoms with Crippen LogP contribution in [0, 0.1) is 5.92 Å². The van der Waals surface area contributed by atoms with Gasteiger partial charge in [0.05, 0.1) is 6.61 Å². The van der Waals surface area contributed by atoms with E-state index in [0.29, 0.717) is 0 Å². The Morgan fingerprint density at radius 1 is 1.45 bits per heavy atom. The molecule has 0 amide bonds. The Bertz CT molecular complexity index is 159. The van der Waals surface area contributed by atoms with Gasteiger partial charge < -0.3 is 9.79 Å². The third kappa shape index (κ3) is 1.89. The van der Waals surface area contributed by atoms with Gasteiger partial charge in [0.25, 0.3) is 0 Å². The lowest BCUT2D eigenvalue weighted by atomic mass is 9.94. The van der Waals surface area contributed by atoms with E-state index in [-0.39, 0.29) is 12.5 Å². The average molecular weight is 181 g/mol. The van der Waals surface area contributed by atoms with E-state index in [1.54, 1.807) is 0 Å². The summed E-state index contributed by atoms with van der Waals surface area (Å²) in [6, 6.07) is 0. The Morgan fingerprint density at radius 2 is 2.00 bits per heavy atom. The van der Waals surface area contributed by atoms with E-state index in [9.17, 15) is 0 Å². The SMILES string of the molecule is CC(C)C1(C)CO[P](O)(O)O1. The quantitative estimate of drug-likeness (QED) is 0.595. The van der Waals surface area contributed by atoms with Crippen LogP contribution >= 0.6 is 8.17 Å². The van der Waals surface area contributed by atoms with Gasteiger partial charge in [-0.25, -0.2) is 0 Å². The highest BCUT2D eigenvalue weighted by Crippen LogP contribution is 2.62. The molecule has 0 aliphatic carbocycles. The molecular weight excluding hydrogens is 167 g/mol. The van der Waals surface area contributed by atoms with Gasteiger partial charge in [0.1, 0.15) is 5.60 Å². The maximum Gasteiger partial charge on any atom is 0.375 e. The smallest absolute Gasteiger partial charge is 0.314 e. The van der Waals surface area contributed by atoms with Gasteiger partial charge in [0.15, 0.2) is 0 Å². The van der Waals surface area contributed by atoms with Crippen molar-refractivity contribution >= 4 is 8.17 Å². The third-order valence-corrected chi connectivity index (χ3v) is 3.19. The second-order valence-electron chi connectivity index (χ2n) is 3.32. The Kier molecular flexibility index (Phi) is 2.25. The van der Waals surface area contributed by atoms with Crippen molar-refractivity contribution in [3.63, 3.8) is 0 Å². The van der Waals surface area contributed by atoms with Crippen molar-refractivity contribution in [2.24, 2.45) is 5.92 Å². The summed E-state index contributed by atoms with van der Waals surface area (Å²) < 4.78 is 9.71. The zero-order valence-corrected chi connectivity index (χ0v) is 7.84. The van der Waals surface area contributed by atoms with Crippen LogP contribution in [0.1, 0.15) is 20.8 Å². The minimum atomic E-state index is -3.47. The van der Waals surface area contributed by atoms with Crippen LogP contribution in [0.3, 0.4) is 0 Å². The molecule has 0 aromatic carbocycles. The molecule has 1 saturated heterocycles. The van der Waals surface area contributed by atoms with Crippen molar-refractivity contribution in [1.29, 1.82) is 0 Å². The molecule has 0 aromatic heterocycles. The summed E-state index contributed by atoms with van der Waals surface area (Å²) in [7, 11) is -3.47. The summed E-state index contributed by atoms with van der Waals surface area (Å²) in [5.41, 5.74) is -0.544. The fourth-order valence-corrected chi connectivity index (χ4v) is 2.09. The second kappa shape index (κ2) is 2.64. The molecule has 1 aliphatic rings. The summed E-state index contributed by atoms with van der Waals surface area (Å²) in [6.45, 7) is 5.97. The van der Waals surface area contributed by atoms with E-state index in [4.69, 9.17) is 18.8 Å². The molecule has 67 valence electrons. The predicted molar refractivity (Wildman–Crippen MR) is 41.6 cm³/mol.